The Labute approximate surface area is 202 Å². The Hall–Kier alpha value is -2.97. The van der Waals surface area contributed by atoms with Crippen LogP contribution in [0.2, 0.25) is 5.02 Å². The number of ether oxygens (including phenoxy) is 2. The highest BCUT2D eigenvalue weighted by atomic mass is 35.5. The highest BCUT2D eigenvalue weighted by molar-refractivity contribution is 8.18. The molecule has 2 aromatic rings. The molecule has 1 N–H and O–H groups in total. The quantitative estimate of drug-likeness (QED) is 0.370. The van der Waals surface area contributed by atoms with Gasteiger partial charge in [0, 0.05) is 10.7 Å². The van der Waals surface area contributed by atoms with Crippen LogP contribution in [-0.2, 0) is 9.59 Å². The van der Waals surface area contributed by atoms with E-state index >= 15 is 0 Å². The fraction of sp³-hybridized carbons (Fsp3) is 0.292. The summed E-state index contributed by atoms with van der Waals surface area (Å²) in [6, 6.07) is 10.4. The highest BCUT2D eigenvalue weighted by Gasteiger charge is 2.36. The largest absolute Gasteiger partial charge is 0.493 e. The Bertz CT molecular complexity index is 1100. The fourth-order valence-corrected chi connectivity index (χ4v) is 4.08. The molecule has 1 aliphatic heterocycles. The maximum atomic E-state index is 12.8. The second-order valence-corrected chi connectivity index (χ2v) is 8.82. The van der Waals surface area contributed by atoms with E-state index in [9.17, 15) is 14.4 Å². The second kappa shape index (κ2) is 11.2. The lowest BCUT2D eigenvalue weighted by Crippen LogP contribution is -2.36. The minimum Gasteiger partial charge on any atom is -0.493 e. The van der Waals surface area contributed by atoms with E-state index in [0.717, 1.165) is 35.1 Å². The molecule has 2 aromatic carbocycles. The van der Waals surface area contributed by atoms with Crippen molar-refractivity contribution in [3.8, 4) is 11.5 Å². The zero-order valence-corrected chi connectivity index (χ0v) is 20.2. The van der Waals surface area contributed by atoms with Crippen LogP contribution in [0.1, 0.15) is 30.9 Å². The van der Waals surface area contributed by atoms with Crippen LogP contribution >= 0.6 is 23.4 Å². The van der Waals surface area contributed by atoms with Crippen LogP contribution in [0.5, 0.6) is 11.5 Å². The first kappa shape index (κ1) is 24.7. The summed E-state index contributed by atoms with van der Waals surface area (Å²) in [5.74, 6) is 0.143. The third-order valence-corrected chi connectivity index (χ3v) is 6.03. The molecule has 33 heavy (non-hydrogen) atoms. The molecule has 0 radical (unpaired) electrons. The third-order valence-electron chi connectivity index (χ3n) is 4.89. The van der Waals surface area contributed by atoms with Gasteiger partial charge in [-0.15, -0.1) is 0 Å². The SMILES string of the molecule is CCCCOc1ccc(/C=C2\SC(=O)N(CC(=O)Nc3cc(Cl)ccc3C)C2=O)cc1OC. The van der Waals surface area contributed by atoms with E-state index < -0.39 is 17.1 Å². The molecule has 0 unspecified atom stereocenters. The number of unbranched alkanes of at least 4 members (excludes halogenated alkanes) is 1. The number of benzene rings is 2. The Morgan fingerprint density at radius 1 is 1.18 bits per heavy atom. The van der Waals surface area contributed by atoms with Crippen LogP contribution in [-0.4, -0.2) is 42.2 Å². The molecule has 1 heterocycles. The smallest absolute Gasteiger partial charge is 0.294 e. The molecular weight excluding hydrogens is 464 g/mol. The number of rotatable bonds is 9. The van der Waals surface area contributed by atoms with Crippen molar-refractivity contribution in [3.63, 3.8) is 0 Å². The van der Waals surface area contributed by atoms with Crippen molar-refractivity contribution in [2.24, 2.45) is 0 Å². The number of nitrogens with one attached hydrogen (secondary N) is 1. The number of hydrogen-bond donors (Lipinski definition) is 1. The van der Waals surface area contributed by atoms with Crippen molar-refractivity contribution >= 4 is 52.2 Å². The Kier molecular flexibility index (Phi) is 8.41. The van der Waals surface area contributed by atoms with Crippen LogP contribution in [0.15, 0.2) is 41.3 Å². The highest BCUT2D eigenvalue weighted by Crippen LogP contribution is 2.34. The maximum Gasteiger partial charge on any atom is 0.294 e. The lowest BCUT2D eigenvalue weighted by molar-refractivity contribution is -0.127. The molecule has 0 atom stereocenters. The van der Waals surface area contributed by atoms with Crippen LogP contribution in [0.3, 0.4) is 0 Å². The van der Waals surface area contributed by atoms with Gasteiger partial charge in [0.2, 0.25) is 5.91 Å². The summed E-state index contributed by atoms with van der Waals surface area (Å²) in [4.78, 5) is 38.8. The molecule has 0 saturated carbocycles. The minimum absolute atomic E-state index is 0.230. The Morgan fingerprint density at radius 3 is 2.70 bits per heavy atom. The summed E-state index contributed by atoms with van der Waals surface area (Å²) in [7, 11) is 1.54. The molecule has 1 saturated heterocycles. The van der Waals surface area contributed by atoms with Gasteiger partial charge in [0.15, 0.2) is 11.5 Å². The van der Waals surface area contributed by atoms with Gasteiger partial charge in [-0.25, -0.2) is 0 Å². The molecule has 7 nitrogen and oxygen atoms in total. The molecule has 0 bridgehead atoms. The molecule has 0 spiro atoms. The topological polar surface area (TPSA) is 84.9 Å². The molecule has 174 valence electrons. The maximum absolute atomic E-state index is 12.8. The van der Waals surface area contributed by atoms with Gasteiger partial charge in [-0.3, -0.25) is 19.3 Å². The molecule has 3 rings (SSSR count). The number of nitrogens with zero attached hydrogens (tertiary/aromatic N) is 1. The minimum atomic E-state index is -0.523. The summed E-state index contributed by atoms with van der Waals surface area (Å²) < 4.78 is 11.1. The monoisotopic (exact) mass is 488 g/mol. The summed E-state index contributed by atoms with van der Waals surface area (Å²) in [5.41, 5.74) is 2.03. The zero-order valence-electron chi connectivity index (χ0n) is 18.6. The molecular formula is C24H25ClN2O5S. The molecule has 1 aliphatic rings. The lowest BCUT2D eigenvalue weighted by Gasteiger charge is -2.14. The van der Waals surface area contributed by atoms with E-state index in [-0.39, 0.29) is 11.4 Å². The van der Waals surface area contributed by atoms with Crippen LogP contribution in [0.25, 0.3) is 6.08 Å². The molecule has 1 fully saturated rings. The number of hydrogen-bond acceptors (Lipinski definition) is 6. The number of anilines is 1. The van der Waals surface area contributed by atoms with Crippen LogP contribution < -0.4 is 14.8 Å². The van der Waals surface area contributed by atoms with Crippen LogP contribution in [0, 0.1) is 6.92 Å². The molecule has 9 heteroatoms. The zero-order chi connectivity index (χ0) is 24.0. The lowest BCUT2D eigenvalue weighted by atomic mass is 10.2. The number of carbonyl (C=O) groups excluding carboxylic acids is 3. The summed E-state index contributed by atoms with van der Waals surface area (Å²) in [5, 5.41) is 2.67. The second-order valence-electron chi connectivity index (χ2n) is 7.39. The Morgan fingerprint density at radius 2 is 1.97 bits per heavy atom. The van der Waals surface area contributed by atoms with Crippen molar-refractivity contribution in [1.29, 1.82) is 0 Å². The van der Waals surface area contributed by atoms with Gasteiger partial charge in [-0.1, -0.05) is 37.1 Å². The molecule has 0 aromatic heterocycles. The Balaban J connectivity index is 1.70. The molecule has 0 aliphatic carbocycles. The summed E-state index contributed by atoms with van der Waals surface area (Å²) in [6.07, 6.45) is 3.55. The van der Waals surface area contributed by atoms with Gasteiger partial charge in [-0.2, -0.15) is 0 Å². The standard InChI is InChI=1S/C24H25ClN2O5S/c1-4-5-10-32-19-9-7-16(11-20(19)31-3)12-21-23(29)27(24(30)33-21)14-22(28)26-18-13-17(25)8-6-15(18)2/h6-9,11-13H,4-5,10,14H2,1-3H3,(H,26,28)/b21-12-. The number of thioether (sulfide) groups is 1. The van der Waals surface area contributed by atoms with Crippen LogP contribution in [0.4, 0.5) is 10.5 Å². The van der Waals surface area contributed by atoms with Crippen molar-refractivity contribution in [3.05, 3.63) is 57.5 Å². The fourth-order valence-electron chi connectivity index (χ4n) is 3.07. The van der Waals surface area contributed by atoms with Gasteiger partial charge in [0.05, 0.1) is 18.6 Å². The molecule has 3 amide bonds. The van der Waals surface area contributed by atoms with Gasteiger partial charge < -0.3 is 14.8 Å². The average molecular weight is 489 g/mol. The first-order valence-corrected chi connectivity index (χ1v) is 11.6. The number of halogens is 1. The van der Waals surface area contributed by atoms with E-state index in [4.69, 9.17) is 21.1 Å². The number of carbonyl (C=O) groups is 3. The third kappa shape index (κ3) is 6.30. The average Bonchev–Trinajstić information content (AvgIpc) is 3.04. The predicted molar refractivity (Wildman–Crippen MR) is 131 cm³/mol. The van der Waals surface area contributed by atoms with Crippen molar-refractivity contribution in [1.82, 2.24) is 4.90 Å². The number of methoxy groups -OCH3 is 1. The summed E-state index contributed by atoms with van der Waals surface area (Å²) >= 11 is 6.77. The predicted octanol–water partition coefficient (Wildman–Crippen LogP) is 5.51. The number of aryl methyl sites for hydroxylation is 1. The van der Waals surface area contributed by atoms with Gasteiger partial charge >= 0.3 is 0 Å². The van der Waals surface area contributed by atoms with Crippen molar-refractivity contribution < 1.29 is 23.9 Å². The van der Waals surface area contributed by atoms with E-state index in [0.29, 0.717) is 34.4 Å². The van der Waals surface area contributed by atoms with Crippen molar-refractivity contribution in [2.45, 2.75) is 26.7 Å². The first-order valence-electron chi connectivity index (χ1n) is 10.4. The number of imide groups is 1. The van der Waals surface area contributed by atoms with E-state index in [1.54, 1.807) is 49.6 Å². The number of amides is 3. The van der Waals surface area contributed by atoms with Gasteiger partial charge in [0.1, 0.15) is 6.54 Å². The van der Waals surface area contributed by atoms with Gasteiger partial charge in [-0.05, 0) is 66.6 Å². The normalized spacial score (nSPS) is 14.7. The van der Waals surface area contributed by atoms with E-state index in [1.807, 2.05) is 6.92 Å². The summed E-state index contributed by atoms with van der Waals surface area (Å²) in [6.45, 7) is 4.10. The van der Waals surface area contributed by atoms with E-state index in [1.165, 1.54) is 0 Å². The van der Waals surface area contributed by atoms with E-state index in [2.05, 4.69) is 12.2 Å². The first-order chi connectivity index (χ1) is 15.8. The van der Waals surface area contributed by atoms with Gasteiger partial charge in [0.25, 0.3) is 11.1 Å². The van der Waals surface area contributed by atoms with Crippen molar-refractivity contribution in [2.75, 3.05) is 25.6 Å².